The molecule has 0 amide bonds. The molecule has 1 aromatic heterocycles. The van der Waals surface area contributed by atoms with Crippen LogP contribution in [0.1, 0.15) is 6.92 Å². The van der Waals surface area contributed by atoms with Crippen LogP contribution in [0.5, 0.6) is 0 Å². The highest BCUT2D eigenvalue weighted by atomic mass is 79.9. The molecular weight excluding hydrogens is 246 g/mol. The van der Waals surface area contributed by atoms with Crippen molar-refractivity contribution >= 4 is 21.7 Å². The Hall–Kier alpha value is -0.680. The minimum absolute atomic E-state index is 0.699. The van der Waals surface area contributed by atoms with Crippen LogP contribution in [0.3, 0.4) is 0 Å². The monoisotopic (exact) mass is 259 g/mol. The predicted molar refractivity (Wildman–Crippen MR) is 59.5 cm³/mol. The van der Waals surface area contributed by atoms with Crippen molar-refractivity contribution in [3.63, 3.8) is 0 Å². The molecule has 0 N–H and O–H groups in total. The number of hydrogen-bond donors (Lipinski definition) is 0. The Bertz CT molecular complexity index is 283. The van der Waals surface area contributed by atoms with Crippen molar-refractivity contribution in [1.29, 1.82) is 0 Å². The summed E-state index contributed by atoms with van der Waals surface area (Å²) in [6, 6.07) is 0. The number of rotatable bonds is 5. The number of nitrogens with zero attached hydrogens (tertiary/aromatic N) is 3. The van der Waals surface area contributed by atoms with E-state index in [1.54, 1.807) is 19.6 Å². The van der Waals surface area contributed by atoms with E-state index >= 15 is 0 Å². The van der Waals surface area contributed by atoms with Crippen molar-refractivity contribution in [2.24, 2.45) is 0 Å². The normalized spacial score (nSPS) is 10.2. The lowest BCUT2D eigenvalue weighted by atomic mass is 10.4. The van der Waals surface area contributed by atoms with E-state index in [4.69, 9.17) is 4.74 Å². The summed E-state index contributed by atoms with van der Waals surface area (Å²) in [5, 5.41) is 0. The smallest absolute Gasteiger partial charge is 0.146 e. The van der Waals surface area contributed by atoms with Crippen LogP contribution in [-0.4, -0.2) is 36.8 Å². The van der Waals surface area contributed by atoms with Crippen LogP contribution in [-0.2, 0) is 4.74 Å². The molecule has 14 heavy (non-hydrogen) atoms. The predicted octanol–water partition coefficient (Wildman–Crippen LogP) is 1.71. The zero-order valence-electron chi connectivity index (χ0n) is 8.40. The number of anilines is 1. The standard InChI is InChI=1S/C9H14BrN3O/c1-3-13(4-5-14-2)9-8(10)6-11-7-12-9/h6-7H,3-5H2,1-2H3. The van der Waals surface area contributed by atoms with Gasteiger partial charge in [0.15, 0.2) is 0 Å². The van der Waals surface area contributed by atoms with Gasteiger partial charge in [-0.15, -0.1) is 0 Å². The zero-order valence-corrected chi connectivity index (χ0v) is 9.99. The van der Waals surface area contributed by atoms with Gasteiger partial charge >= 0.3 is 0 Å². The van der Waals surface area contributed by atoms with Crippen molar-refractivity contribution in [2.45, 2.75) is 6.92 Å². The summed E-state index contributed by atoms with van der Waals surface area (Å²) in [5.74, 6) is 0.916. The first-order valence-corrected chi connectivity index (χ1v) is 5.28. The summed E-state index contributed by atoms with van der Waals surface area (Å²) in [4.78, 5) is 10.3. The van der Waals surface area contributed by atoms with Gasteiger partial charge in [-0.1, -0.05) is 0 Å². The Morgan fingerprint density at radius 3 is 2.93 bits per heavy atom. The van der Waals surface area contributed by atoms with Crippen LogP contribution >= 0.6 is 15.9 Å². The summed E-state index contributed by atoms with van der Waals surface area (Å²) in [6.45, 7) is 4.52. The second kappa shape index (κ2) is 5.93. The molecule has 1 heterocycles. The quantitative estimate of drug-likeness (QED) is 0.807. The van der Waals surface area contributed by atoms with Crippen LogP contribution in [0, 0.1) is 0 Å². The number of halogens is 1. The molecule has 0 aliphatic carbocycles. The Kier molecular flexibility index (Phi) is 4.82. The Morgan fingerprint density at radius 2 is 2.36 bits per heavy atom. The number of methoxy groups -OCH3 is 1. The molecule has 0 saturated carbocycles. The van der Waals surface area contributed by atoms with E-state index in [1.165, 1.54) is 0 Å². The zero-order chi connectivity index (χ0) is 10.4. The van der Waals surface area contributed by atoms with Crippen LogP contribution in [0.15, 0.2) is 17.0 Å². The molecular formula is C9H14BrN3O. The van der Waals surface area contributed by atoms with Gasteiger partial charge in [0.25, 0.3) is 0 Å². The summed E-state index contributed by atoms with van der Waals surface area (Å²) in [5.41, 5.74) is 0. The summed E-state index contributed by atoms with van der Waals surface area (Å²) in [6.07, 6.45) is 3.30. The molecule has 78 valence electrons. The highest BCUT2D eigenvalue weighted by molar-refractivity contribution is 9.10. The second-order valence-electron chi connectivity index (χ2n) is 2.77. The van der Waals surface area contributed by atoms with Gasteiger partial charge in [-0.25, -0.2) is 9.97 Å². The van der Waals surface area contributed by atoms with Crippen molar-refractivity contribution in [3.05, 3.63) is 17.0 Å². The van der Waals surface area contributed by atoms with Crippen molar-refractivity contribution in [2.75, 3.05) is 31.7 Å². The maximum atomic E-state index is 5.04. The minimum atomic E-state index is 0.699. The van der Waals surface area contributed by atoms with E-state index in [0.717, 1.165) is 23.4 Å². The highest BCUT2D eigenvalue weighted by Gasteiger charge is 2.08. The molecule has 4 nitrogen and oxygen atoms in total. The lowest BCUT2D eigenvalue weighted by Gasteiger charge is -2.21. The lowest BCUT2D eigenvalue weighted by Crippen LogP contribution is -2.28. The second-order valence-corrected chi connectivity index (χ2v) is 3.62. The van der Waals surface area contributed by atoms with Crippen molar-refractivity contribution in [3.8, 4) is 0 Å². The third kappa shape index (κ3) is 2.92. The number of hydrogen-bond acceptors (Lipinski definition) is 4. The van der Waals surface area contributed by atoms with Gasteiger partial charge in [-0.3, -0.25) is 0 Å². The fourth-order valence-electron chi connectivity index (χ4n) is 1.15. The van der Waals surface area contributed by atoms with Gasteiger partial charge < -0.3 is 9.64 Å². The molecule has 1 rings (SSSR count). The molecule has 0 atom stereocenters. The Labute approximate surface area is 92.4 Å². The molecule has 0 saturated heterocycles. The van der Waals surface area contributed by atoms with Crippen molar-refractivity contribution in [1.82, 2.24) is 9.97 Å². The van der Waals surface area contributed by atoms with Gasteiger partial charge in [0.2, 0.25) is 0 Å². The third-order valence-electron chi connectivity index (χ3n) is 1.89. The number of aromatic nitrogens is 2. The Balaban J connectivity index is 2.73. The fourth-order valence-corrected chi connectivity index (χ4v) is 1.63. The minimum Gasteiger partial charge on any atom is -0.383 e. The van der Waals surface area contributed by atoms with Gasteiger partial charge in [-0.05, 0) is 22.9 Å². The average molecular weight is 260 g/mol. The van der Waals surface area contributed by atoms with E-state index < -0.39 is 0 Å². The van der Waals surface area contributed by atoms with Gasteiger partial charge in [-0.2, -0.15) is 0 Å². The van der Waals surface area contributed by atoms with Crippen LogP contribution in [0.2, 0.25) is 0 Å². The van der Waals surface area contributed by atoms with Gasteiger partial charge in [0, 0.05) is 26.4 Å². The van der Waals surface area contributed by atoms with E-state index in [2.05, 4.69) is 37.7 Å². The topological polar surface area (TPSA) is 38.2 Å². The van der Waals surface area contributed by atoms with E-state index in [0.29, 0.717) is 6.61 Å². The molecule has 0 bridgehead atoms. The first-order chi connectivity index (χ1) is 6.79. The Morgan fingerprint density at radius 1 is 1.57 bits per heavy atom. The average Bonchev–Trinajstić information content (AvgIpc) is 2.21. The van der Waals surface area contributed by atoms with Crippen LogP contribution in [0.25, 0.3) is 0 Å². The maximum absolute atomic E-state index is 5.04. The summed E-state index contributed by atoms with van der Waals surface area (Å²) >= 11 is 3.42. The number of ether oxygens (including phenoxy) is 1. The fraction of sp³-hybridized carbons (Fsp3) is 0.556. The molecule has 0 radical (unpaired) electrons. The molecule has 1 aromatic rings. The van der Waals surface area contributed by atoms with Crippen LogP contribution < -0.4 is 4.90 Å². The van der Waals surface area contributed by atoms with Gasteiger partial charge in [0.1, 0.15) is 12.1 Å². The van der Waals surface area contributed by atoms with E-state index in [9.17, 15) is 0 Å². The lowest BCUT2D eigenvalue weighted by molar-refractivity contribution is 0.205. The molecule has 0 unspecified atom stereocenters. The van der Waals surface area contributed by atoms with Gasteiger partial charge in [0.05, 0.1) is 11.1 Å². The molecule has 0 aliphatic rings. The van der Waals surface area contributed by atoms with Crippen molar-refractivity contribution < 1.29 is 4.74 Å². The molecule has 5 heteroatoms. The first kappa shape index (κ1) is 11.4. The highest BCUT2D eigenvalue weighted by Crippen LogP contribution is 2.21. The molecule has 0 aromatic carbocycles. The van der Waals surface area contributed by atoms with E-state index in [1.807, 2.05) is 0 Å². The first-order valence-electron chi connectivity index (χ1n) is 4.49. The largest absolute Gasteiger partial charge is 0.383 e. The molecule has 0 fully saturated rings. The van der Waals surface area contributed by atoms with Crippen LogP contribution in [0.4, 0.5) is 5.82 Å². The SMILES string of the molecule is CCN(CCOC)c1ncncc1Br. The maximum Gasteiger partial charge on any atom is 0.146 e. The molecule has 0 aliphatic heterocycles. The molecule has 0 spiro atoms. The number of likely N-dealkylation sites (N-methyl/N-ethyl adjacent to an activating group) is 1. The third-order valence-corrected chi connectivity index (χ3v) is 2.45. The summed E-state index contributed by atoms with van der Waals surface area (Å²) in [7, 11) is 1.70. The summed E-state index contributed by atoms with van der Waals surface area (Å²) < 4.78 is 5.95. The van der Waals surface area contributed by atoms with E-state index in [-0.39, 0.29) is 0 Å².